The fourth-order valence-electron chi connectivity index (χ4n) is 5.72. The smallest absolute Gasteiger partial charge is 0.338 e. The van der Waals surface area contributed by atoms with Crippen LogP contribution >= 0.6 is 0 Å². The number of esters is 1. The molecule has 0 radical (unpaired) electrons. The zero-order valence-corrected chi connectivity index (χ0v) is 21.5. The number of imide groups is 1. The van der Waals surface area contributed by atoms with Gasteiger partial charge in [-0.25, -0.2) is 4.79 Å². The van der Waals surface area contributed by atoms with Crippen LogP contribution in [0, 0.1) is 11.8 Å². The third-order valence-electron chi connectivity index (χ3n) is 7.77. The minimum absolute atomic E-state index is 0.138. The van der Waals surface area contributed by atoms with Gasteiger partial charge < -0.3 is 4.74 Å². The molecule has 0 bridgehead atoms. The van der Waals surface area contributed by atoms with Crippen molar-refractivity contribution in [2.24, 2.45) is 11.8 Å². The molecule has 3 atom stereocenters. The highest BCUT2D eigenvalue weighted by Gasteiger charge is 2.50. The second kappa shape index (κ2) is 12.8. The summed E-state index contributed by atoms with van der Waals surface area (Å²) in [6, 6.07) is 17.0. The number of fused-ring (bicyclic) bond motifs is 1. The average Bonchev–Trinajstić information content (AvgIpc) is 3.17. The highest BCUT2D eigenvalue weighted by molar-refractivity contribution is 6.22. The molecule has 5 nitrogen and oxygen atoms in total. The molecule has 192 valence electrons. The molecule has 2 aromatic carbocycles. The molecule has 2 fully saturated rings. The summed E-state index contributed by atoms with van der Waals surface area (Å²) in [5, 5.41) is 0. The lowest BCUT2D eigenvalue weighted by Gasteiger charge is -2.28. The third kappa shape index (κ3) is 6.24. The van der Waals surface area contributed by atoms with Gasteiger partial charge >= 0.3 is 5.97 Å². The third-order valence-corrected chi connectivity index (χ3v) is 7.77. The number of hydrogen-bond acceptors (Lipinski definition) is 4. The Hall–Kier alpha value is -2.95. The first kappa shape index (κ1) is 26.1. The molecule has 5 heteroatoms. The molecule has 36 heavy (non-hydrogen) atoms. The van der Waals surface area contributed by atoms with Gasteiger partial charge in [0.1, 0.15) is 0 Å². The molecule has 2 amide bonds. The summed E-state index contributed by atoms with van der Waals surface area (Å²) in [4.78, 5) is 40.5. The van der Waals surface area contributed by atoms with E-state index in [-0.39, 0.29) is 23.7 Å². The van der Waals surface area contributed by atoms with E-state index in [0.29, 0.717) is 36.6 Å². The fourth-order valence-corrected chi connectivity index (χ4v) is 5.72. The van der Waals surface area contributed by atoms with Gasteiger partial charge in [-0.15, -0.1) is 0 Å². The van der Waals surface area contributed by atoms with E-state index < -0.39 is 5.97 Å². The van der Waals surface area contributed by atoms with Crippen molar-refractivity contribution in [3.05, 3.63) is 65.7 Å². The standard InChI is InChI=1S/C31H39NO4/c1-2-3-4-5-6-7-8-12-20-36-31(35)25-16-13-17-26(21-25)32-29(33)27-19-18-24(22-28(27)30(32)34)23-14-10-9-11-15-23/h9-11,13-17,21,24,27-28H,2-8,12,18-20,22H2,1H3. The van der Waals surface area contributed by atoms with Gasteiger partial charge in [-0.05, 0) is 55.4 Å². The number of benzene rings is 2. The Balaban J connectivity index is 1.31. The Labute approximate surface area is 215 Å². The van der Waals surface area contributed by atoms with Gasteiger partial charge in [0.15, 0.2) is 0 Å². The summed E-state index contributed by atoms with van der Waals surface area (Å²) >= 11 is 0. The molecule has 4 rings (SSSR count). The van der Waals surface area contributed by atoms with Crippen molar-refractivity contribution in [2.75, 3.05) is 11.5 Å². The van der Waals surface area contributed by atoms with E-state index in [1.54, 1.807) is 24.3 Å². The van der Waals surface area contributed by atoms with Crippen LogP contribution < -0.4 is 4.90 Å². The van der Waals surface area contributed by atoms with Crippen LogP contribution in [0.4, 0.5) is 5.69 Å². The monoisotopic (exact) mass is 489 g/mol. The first-order valence-corrected chi connectivity index (χ1v) is 13.8. The van der Waals surface area contributed by atoms with Gasteiger partial charge in [0.2, 0.25) is 11.8 Å². The van der Waals surface area contributed by atoms with Crippen LogP contribution in [0.3, 0.4) is 0 Å². The molecule has 1 saturated carbocycles. The minimum atomic E-state index is -0.402. The number of carbonyl (C=O) groups excluding carboxylic acids is 3. The van der Waals surface area contributed by atoms with Crippen LogP contribution in [0.25, 0.3) is 0 Å². The van der Waals surface area contributed by atoms with E-state index in [2.05, 4.69) is 19.1 Å². The van der Waals surface area contributed by atoms with Gasteiger partial charge in [0.25, 0.3) is 0 Å². The van der Waals surface area contributed by atoms with Crippen molar-refractivity contribution in [1.29, 1.82) is 0 Å². The minimum Gasteiger partial charge on any atom is -0.462 e. The number of carbonyl (C=O) groups is 3. The molecule has 0 spiro atoms. The van der Waals surface area contributed by atoms with E-state index in [0.717, 1.165) is 19.3 Å². The Morgan fingerprint density at radius 3 is 2.28 bits per heavy atom. The molecule has 2 aromatic rings. The second-order valence-corrected chi connectivity index (χ2v) is 10.3. The Kier molecular flexibility index (Phi) is 9.32. The van der Waals surface area contributed by atoms with Crippen LogP contribution in [-0.2, 0) is 14.3 Å². The summed E-state index contributed by atoms with van der Waals surface area (Å²) in [6.45, 7) is 2.61. The van der Waals surface area contributed by atoms with Gasteiger partial charge in [-0.2, -0.15) is 0 Å². The van der Waals surface area contributed by atoms with Crippen LogP contribution in [-0.4, -0.2) is 24.4 Å². The number of anilines is 1. The topological polar surface area (TPSA) is 63.7 Å². The maximum absolute atomic E-state index is 13.4. The highest BCUT2D eigenvalue weighted by Crippen LogP contribution is 2.45. The molecule has 1 aliphatic heterocycles. The summed E-state index contributed by atoms with van der Waals surface area (Å²) < 4.78 is 5.47. The molecule has 1 heterocycles. The Morgan fingerprint density at radius 2 is 1.53 bits per heavy atom. The van der Waals surface area contributed by atoms with Gasteiger partial charge in [-0.1, -0.05) is 88.3 Å². The van der Waals surface area contributed by atoms with Crippen LogP contribution in [0.15, 0.2) is 54.6 Å². The molecule has 3 unspecified atom stereocenters. The van der Waals surface area contributed by atoms with Crippen molar-refractivity contribution in [2.45, 2.75) is 83.5 Å². The van der Waals surface area contributed by atoms with Crippen molar-refractivity contribution >= 4 is 23.5 Å². The predicted octanol–water partition coefficient (Wildman–Crippen LogP) is 7.06. The highest BCUT2D eigenvalue weighted by atomic mass is 16.5. The van der Waals surface area contributed by atoms with E-state index in [4.69, 9.17) is 4.74 Å². The molecular weight excluding hydrogens is 450 g/mol. The summed E-state index contributed by atoms with van der Waals surface area (Å²) in [7, 11) is 0. The molecule has 1 saturated heterocycles. The average molecular weight is 490 g/mol. The molecular formula is C31H39NO4. The van der Waals surface area contributed by atoms with Crippen molar-refractivity contribution < 1.29 is 19.1 Å². The van der Waals surface area contributed by atoms with E-state index in [9.17, 15) is 14.4 Å². The van der Waals surface area contributed by atoms with E-state index in [1.807, 2.05) is 18.2 Å². The largest absolute Gasteiger partial charge is 0.462 e. The SMILES string of the molecule is CCCCCCCCCCOC(=O)c1cccc(N2C(=O)C3CCC(c4ccccc4)CC3C2=O)c1. The van der Waals surface area contributed by atoms with Gasteiger partial charge in [-0.3, -0.25) is 14.5 Å². The zero-order valence-electron chi connectivity index (χ0n) is 21.5. The second-order valence-electron chi connectivity index (χ2n) is 10.3. The number of nitrogens with zero attached hydrogens (tertiary/aromatic N) is 1. The van der Waals surface area contributed by atoms with Crippen LogP contribution in [0.2, 0.25) is 0 Å². The lowest BCUT2D eigenvalue weighted by atomic mass is 9.73. The number of ether oxygens (including phenoxy) is 1. The number of unbranched alkanes of at least 4 members (excludes halogenated alkanes) is 7. The Morgan fingerprint density at radius 1 is 0.833 bits per heavy atom. The molecule has 2 aliphatic rings. The maximum Gasteiger partial charge on any atom is 0.338 e. The summed E-state index contributed by atoms with van der Waals surface area (Å²) in [5.74, 6) is -0.956. The summed E-state index contributed by atoms with van der Waals surface area (Å²) in [6.07, 6.45) is 11.8. The quantitative estimate of drug-likeness (QED) is 0.182. The molecule has 0 aromatic heterocycles. The van der Waals surface area contributed by atoms with Crippen molar-refractivity contribution in [3.63, 3.8) is 0 Å². The number of hydrogen-bond donors (Lipinski definition) is 0. The van der Waals surface area contributed by atoms with E-state index in [1.165, 1.54) is 49.0 Å². The summed E-state index contributed by atoms with van der Waals surface area (Å²) in [5.41, 5.74) is 2.08. The molecule has 0 N–H and O–H groups in total. The van der Waals surface area contributed by atoms with Crippen LogP contribution in [0.1, 0.15) is 99.4 Å². The first-order chi connectivity index (χ1) is 17.6. The normalized spacial score (nSPS) is 21.5. The lowest BCUT2D eigenvalue weighted by Crippen LogP contribution is -2.31. The number of rotatable bonds is 12. The van der Waals surface area contributed by atoms with E-state index >= 15 is 0 Å². The maximum atomic E-state index is 13.4. The Bertz CT molecular complexity index is 1030. The van der Waals surface area contributed by atoms with Crippen LogP contribution in [0.5, 0.6) is 0 Å². The lowest BCUT2D eigenvalue weighted by molar-refractivity contribution is -0.122. The predicted molar refractivity (Wildman–Crippen MR) is 142 cm³/mol. The first-order valence-electron chi connectivity index (χ1n) is 13.8. The van der Waals surface area contributed by atoms with Crippen molar-refractivity contribution in [1.82, 2.24) is 0 Å². The number of amides is 2. The van der Waals surface area contributed by atoms with Gasteiger partial charge in [0, 0.05) is 0 Å². The van der Waals surface area contributed by atoms with Crippen molar-refractivity contribution in [3.8, 4) is 0 Å². The molecule has 1 aliphatic carbocycles. The zero-order chi connectivity index (χ0) is 25.3. The fraction of sp³-hybridized carbons (Fsp3) is 0.516. The van der Waals surface area contributed by atoms with Gasteiger partial charge in [0.05, 0.1) is 29.7 Å².